The number of pyridine rings is 1. The molecule has 0 saturated heterocycles. The summed E-state index contributed by atoms with van der Waals surface area (Å²) in [6, 6.07) is 11.6. The van der Waals surface area contributed by atoms with Crippen molar-refractivity contribution in [3.05, 3.63) is 76.6 Å². The van der Waals surface area contributed by atoms with Gasteiger partial charge in [-0.25, -0.2) is 0 Å². The molecule has 0 aliphatic rings. The second-order valence-electron chi connectivity index (χ2n) is 6.47. The maximum atomic E-state index is 10.6. The van der Waals surface area contributed by atoms with Crippen molar-refractivity contribution >= 4 is 0 Å². The van der Waals surface area contributed by atoms with Gasteiger partial charge in [0.05, 0.1) is 11.6 Å². The standard InChI is InChI=1S/C22H23NO4/c1-3-13-9-15(20(26)11-18(13)24)22(17-7-5-6-8-23-17)16-10-14(4-2)19(25)12-21(16)27/h5-12,22,24-27H,3-4H2,1-2H3. The van der Waals surface area contributed by atoms with E-state index in [4.69, 9.17) is 0 Å². The molecule has 140 valence electrons. The third-order valence-electron chi connectivity index (χ3n) is 4.82. The van der Waals surface area contributed by atoms with Crippen molar-refractivity contribution < 1.29 is 20.4 Å². The first kappa shape index (κ1) is 18.6. The van der Waals surface area contributed by atoms with Crippen LogP contribution in [0.25, 0.3) is 0 Å². The van der Waals surface area contributed by atoms with Crippen LogP contribution in [0.4, 0.5) is 0 Å². The highest BCUT2D eigenvalue weighted by molar-refractivity contribution is 5.57. The van der Waals surface area contributed by atoms with Gasteiger partial charge in [-0.3, -0.25) is 4.98 Å². The lowest BCUT2D eigenvalue weighted by atomic mass is 9.84. The Labute approximate surface area is 158 Å². The van der Waals surface area contributed by atoms with Gasteiger partial charge in [-0.1, -0.05) is 19.9 Å². The van der Waals surface area contributed by atoms with Crippen molar-refractivity contribution in [1.82, 2.24) is 4.98 Å². The summed E-state index contributed by atoms with van der Waals surface area (Å²) in [4.78, 5) is 4.42. The molecule has 2 aromatic carbocycles. The second-order valence-corrected chi connectivity index (χ2v) is 6.47. The number of rotatable bonds is 5. The Kier molecular flexibility index (Phi) is 5.21. The number of aromatic hydroxyl groups is 4. The van der Waals surface area contributed by atoms with Crippen molar-refractivity contribution in [3.63, 3.8) is 0 Å². The number of aromatic nitrogens is 1. The molecule has 0 amide bonds. The number of aryl methyl sites for hydroxylation is 2. The largest absolute Gasteiger partial charge is 0.508 e. The van der Waals surface area contributed by atoms with Crippen molar-refractivity contribution in [1.29, 1.82) is 0 Å². The van der Waals surface area contributed by atoms with Crippen LogP contribution in [-0.4, -0.2) is 25.4 Å². The molecule has 0 unspecified atom stereocenters. The van der Waals surface area contributed by atoms with Crippen LogP contribution in [0, 0.1) is 0 Å². The summed E-state index contributed by atoms with van der Waals surface area (Å²) in [7, 11) is 0. The van der Waals surface area contributed by atoms with Crippen molar-refractivity contribution in [2.24, 2.45) is 0 Å². The Morgan fingerprint density at radius 1 is 0.741 bits per heavy atom. The first-order valence-corrected chi connectivity index (χ1v) is 8.96. The lowest BCUT2D eigenvalue weighted by Crippen LogP contribution is -2.07. The molecule has 0 bridgehead atoms. The molecule has 0 saturated carbocycles. The van der Waals surface area contributed by atoms with Crippen LogP contribution >= 0.6 is 0 Å². The lowest BCUT2D eigenvalue weighted by molar-refractivity contribution is 0.436. The quantitative estimate of drug-likeness (QED) is 0.543. The van der Waals surface area contributed by atoms with E-state index in [9.17, 15) is 20.4 Å². The SMILES string of the molecule is CCc1cc(C(c2ccccn2)c2cc(CC)c(O)cc2O)c(O)cc1O. The number of phenolic OH excluding ortho intramolecular Hbond substituents is 4. The summed E-state index contributed by atoms with van der Waals surface area (Å²) in [5, 5.41) is 41.2. The van der Waals surface area contributed by atoms with Gasteiger partial charge >= 0.3 is 0 Å². The lowest BCUT2D eigenvalue weighted by Gasteiger charge is -2.22. The molecule has 0 aliphatic carbocycles. The van der Waals surface area contributed by atoms with Crippen LogP contribution in [-0.2, 0) is 12.8 Å². The third kappa shape index (κ3) is 3.53. The van der Waals surface area contributed by atoms with Gasteiger partial charge in [0.25, 0.3) is 0 Å². The summed E-state index contributed by atoms with van der Waals surface area (Å²) in [6.07, 6.45) is 2.84. The average molecular weight is 365 g/mol. The van der Waals surface area contributed by atoms with E-state index >= 15 is 0 Å². The maximum Gasteiger partial charge on any atom is 0.123 e. The number of phenols is 4. The van der Waals surface area contributed by atoms with Crippen LogP contribution in [0.2, 0.25) is 0 Å². The zero-order chi connectivity index (χ0) is 19.6. The Bertz CT molecular complexity index is 895. The molecule has 27 heavy (non-hydrogen) atoms. The Balaban J connectivity index is 2.30. The minimum Gasteiger partial charge on any atom is -0.508 e. The Morgan fingerprint density at radius 2 is 1.26 bits per heavy atom. The van der Waals surface area contributed by atoms with Gasteiger partial charge in [-0.05, 0) is 48.2 Å². The Morgan fingerprint density at radius 3 is 1.67 bits per heavy atom. The van der Waals surface area contributed by atoms with Gasteiger partial charge in [0.1, 0.15) is 23.0 Å². The topological polar surface area (TPSA) is 93.8 Å². The van der Waals surface area contributed by atoms with Crippen molar-refractivity contribution in [3.8, 4) is 23.0 Å². The van der Waals surface area contributed by atoms with Crippen LogP contribution in [0.3, 0.4) is 0 Å². The normalized spacial score (nSPS) is 11.1. The third-order valence-corrected chi connectivity index (χ3v) is 4.82. The molecular formula is C22H23NO4. The van der Waals surface area contributed by atoms with E-state index in [1.165, 1.54) is 12.1 Å². The molecule has 1 aromatic heterocycles. The molecular weight excluding hydrogens is 342 g/mol. The fourth-order valence-electron chi connectivity index (χ4n) is 3.34. The molecule has 5 heteroatoms. The van der Waals surface area contributed by atoms with Gasteiger partial charge < -0.3 is 20.4 Å². The molecule has 0 radical (unpaired) electrons. The van der Waals surface area contributed by atoms with Gasteiger partial charge in [0.2, 0.25) is 0 Å². The molecule has 3 aromatic rings. The van der Waals surface area contributed by atoms with Crippen LogP contribution in [0.1, 0.15) is 47.7 Å². The molecule has 0 aliphatic heterocycles. The van der Waals surface area contributed by atoms with Gasteiger partial charge in [-0.2, -0.15) is 0 Å². The average Bonchev–Trinajstić information content (AvgIpc) is 2.66. The molecule has 0 atom stereocenters. The van der Waals surface area contributed by atoms with E-state index < -0.39 is 5.92 Å². The fraction of sp³-hybridized carbons (Fsp3) is 0.227. The first-order valence-electron chi connectivity index (χ1n) is 8.96. The highest BCUT2D eigenvalue weighted by Gasteiger charge is 2.26. The number of nitrogens with zero attached hydrogens (tertiary/aromatic N) is 1. The van der Waals surface area contributed by atoms with E-state index in [1.54, 1.807) is 24.4 Å². The summed E-state index contributed by atoms with van der Waals surface area (Å²) < 4.78 is 0. The van der Waals surface area contributed by atoms with Crippen LogP contribution < -0.4 is 0 Å². The second kappa shape index (κ2) is 7.58. The predicted octanol–water partition coefficient (Wildman–Crippen LogP) is 4.21. The molecule has 5 nitrogen and oxygen atoms in total. The highest BCUT2D eigenvalue weighted by atomic mass is 16.3. The smallest absolute Gasteiger partial charge is 0.123 e. The maximum absolute atomic E-state index is 10.6. The predicted molar refractivity (Wildman–Crippen MR) is 103 cm³/mol. The number of hydrogen-bond acceptors (Lipinski definition) is 5. The van der Waals surface area contributed by atoms with Crippen molar-refractivity contribution in [2.45, 2.75) is 32.6 Å². The number of hydrogen-bond donors (Lipinski definition) is 4. The summed E-state index contributed by atoms with van der Waals surface area (Å²) in [5.41, 5.74) is 3.09. The highest BCUT2D eigenvalue weighted by Crippen LogP contribution is 2.43. The van der Waals surface area contributed by atoms with Gasteiger partial charge in [-0.15, -0.1) is 0 Å². The monoisotopic (exact) mass is 365 g/mol. The van der Waals surface area contributed by atoms with E-state index in [0.717, 1.165) is 0 Å². The number of benzene rings is 2. The van der Waals surface area contributed by atoms with Gasteiger partial charge in [0.15, 0.2) is 0 Å². The molecule has 3 rings (SSSR count). The van der Waals surface area contributed by atoms with Crippen molar-refractivity contribution in [2.75, 3.05) is 0 Å². The molecule has 0 fully saturated rings. The molecule has 0 spiro atoms. The summed E-state index contributed by atoms with van der Waals surface area (Å²) in [5.74, 6) is -0.648. The van der Waals surface area contributed by atoms with E-state index in [-0.39, 0.29) is 23.0 Å². The zero-order valence-electron chi connectivity index (χ0n) is 15.3. The van der Waals surface area contributed by atoms with E-state index in [2.05, 4.69) is 4.98 Å². The first-order chi connectivity index (χ1) is 13.0. The Hall–Kier alpha value is -3.21. The summed E-state index contributed by atoms with van der Waals surface area (Å²) >= 11 is 0. The van der Waals surface area contributed by atoms with E-state index in [1.807, 2.05) is 26.0 Å². The van der Waals surface area contributed by atoms with Crippen LogP contribution in [0.5, 0.6) is 23.0 Å². The zero-order valence-corrected chi connectivity index (χ0v) is 15.3. The minimum atomic E-state index is -0.553. The molecule has 4 N–H and O–H groups in total. The van der Waals surface area contributed by atoms with Gasteiger partial charge in [0, 0.05) is 29.5 Å². The molecule has 1 heterocycles. The van der Waals surface area contributed by atoms with E-state index in [0.29, 0.717) is 40.8 Å². The van der Waals surface area contributed by atoms with Crippen LogP contribution in [0.15, 0.2) is 48.7 Å². The summed E-state index contributed by atoms with van der Waals surface area (Å²) in [6.45, 7) is 3.83. The minimum absolute atomic E-state index is 0.0303. The fourth-order valence-corrected chi connectivity index (χ4v) is 3.34.